The highest BCUT2D eigenvalue weighted by atomic mass is 16.6. The third-order valence-corrected chi connectivity index (χ3v) is 4.21. The van der Waals surface area contributed by atoms with Crippen molar-refractivity contribution in [2.24, 2.45) is 17.8 Å². The van der Waals surface area contributed by atoms with Gasteiger partial charge in [0.15, 0.2) is 0 Å². The maximum absolute atomic E-state index is 11.7. The quantitative estimate of drug-likeness (QED) is 0.669. The Balaban J connectivity index is 2.01. The largest absolute Gasteiger partial charge is 0.462 e. The summed E-state index contributed by atoms with van der Waals surface area (Å²) in [5.41, 5.74) is 0. The Morgan fingerprint density at radius 2 is 2.13 bits per heavy atom. The van der Waals surface area contributed by atoms with E-state index in [1.807, 2.05) is 0 Å². The first-order valence-corrected chi connectivity index (χ1v) is 6.46. The molecule has 0 N–H and O–H groups in total. The summed E-state index contributed by atoms with van der Waals surface area (Å²) in [6.45, 7) is 4.40. The number of esters is 1. The van der Waals surface area contributed by atoms with Gasteiger partial charge in [0.05, 0.1) is 5.92 Å². The molecule has 0 aromatic carbocycles. The van der Waals surface area contributed by atoms with Crippen molar-refractivity contribution in [3.8, 4) is 0 Å². The molecule has 0 aromatic heterocycles. The van der Waals surface area contributed by atoms with Gasteiger partial charge in [-0.3, -0.25) is 4.79 Å². The van der Waals surface area contributed by atoms with Crippen molar-refractivity contribution in [2.45, 2.75) is 58.5 Å². The minimum Gasteiger partial charge on any atom is -0.462 e. The summed E-state index contributed by atoms with van der Waals surface area (Å²) in [6, 6.07) is 0. The van der Waals surface area contributed by atoms with Gasteiger partial charge >= 0.3 is 5.97 Å². The molecule has 1 saturated heterocycles. The van der Waals surface area contributed by atoms with Crippen LogP contribution in [0.4, 0.5) is 0 Å². The van der Waals surface area contributed by atoms with Crippen molar-refractivity contribution in [3.05, 3.63) is 0 Å². The number of carbonyl (C=O) groups is 1. The molecule has 4 atom stereocenters. The lowest BCUT2D eigenvalue weighted by Crippen LogP contribution is -2.28. The highest BCUT2D eigenvalue weighted by Crippen LogP contribution is 2.44. The van der Waals surface area contributed by atoms with Crippen LogP contribution in [0, 0.1) is 17.8 Å². The van der Waals surface area contributed by atoms with Gasteiger partial charge in [-0.25, -0.2) is 0 Å². The zero-order chi connectivity index (χ0) is 10.8. The number of carbonyl (C=O) groups excluding carboxylic acids is 1. The molecule has 0 aromatic rings. The monoisotopic (exact) mass is 210 g/mol. The van der Waals surface area contributed by atoms with Crippen molar-refractivity contribution in [3.63, 3.8) is 0 Å². The number of hydrogen-bond acceptors (Lipinski definition) is 2. The average Bonchev–Trinajstić information content (AvgIpc) is 2.56. The minimum absolute atomic E-state index is 0.0941. The van der Waals surface area contributed by atoms with Gasteiger partial charge in [0.2, 0.25) is 0 Å². The summed E-state index contributed by atoms with van der Waals surface area (Å²) < 4.78 is 5.50. The highest BCUT2D eigenvalue weighted by molar-refractivity contribution is 5.75. The third-order valence-electron chi connectivity index (χ3n) is 4.21. The van der Waals surface area contributed by atoms with Gasteiger partial charge in [-0.05, 0) is 25.2 Å². The van der Waals surface area contributed by atoms with Gasteiger partial charge in [-0.15, -0.1) is 0 Å². The summed E-state index contributed by atoms with van der Waals surface area (Å²) in [5.74, 6) is 1.64. The van der Waals surface area contributed by atoms with E-state index >= 15 is 0 Å². The number of hydrogen-bond donors (Lipinski definition) is 0. The first kappa shape index (κ1) is 11.0. The molecule has 1 aliphatic heterocycles. The molecular formula is C13H22O2. The van der Waals surface area contributed by atoms with Crippen molar-refractivity contribution < 1.29 is 9.53 Å². The second-order valence-electron chi connectivity index (χ2n) is 5.12. The number of ether oxygens (including phenoxy) is 1. The molecule has 15 heavy (non-hydrogen) atoms. The van der Waals surface area contributed by atoms with Crippen LogP contribution in [0.5, 0.6) is 0 Å². The minimum atomic E-state index is 0.0941. The Bertz CT molecular complexity index is 237. The van der Waals surface area contributed by atoms with Crippen LogP contribution in [-0.4, -0.2) is 12.1 Å². The normalized spacial score (nSPS) is 40.0. The van der Waals surface area contributed by atoms with Gasteiger partial charge in [-0.2, -0.15) is 0 Å². The van der Waals surface area contributed by atoms with Gasteiger partial charge < -0.3 is 4.74 Å². The predicted octanol–water partition coefficient (Wildman–Crippen LogP) is 3.15. The summed E-state index contributed by atoms with van der Waals surface area (Å²) >= 11 is 0. The van der Waals surface area contributed by atoms with Crippen LogP contribution in [-0.2, 0) is 9.53 Å². The molecule has 2 nitrogen and oxygen atoms in total. The maximum atomic E-state index is 11.7. The molecule has 2 aliphatic rings. The van der Waals surface area contributed by atoms with E-state index in [0.717, 1.165) is 25.2 Å². The second kappa shape index (κ2) is 4.54. The first-order chi connectivity index (χ1) is 7.26. The van der Waals surface area contributed by atoms with E-state index < -0.39 is 0 Å². The molecule has 0 radical (unpaired) electrons. The Morgan fingerprint density at radius 3 is 2.80 bits per heavy atom. The number of rotatable bonds is 3. The van der Waals surface area contributed by atoms with Crippen molar-refractivity contribution in [2.75, 3.05) is 0 Å². The van der Waals surface area contributed by atoms with E-state index in [4.69, 9.17) is 4.74 Å². The first-order valence-electron chi connectivity index (χ1n) is 6.46. The van der Waals surface area contributed by atoms with Gasteiger partial charge in [-0.1, -0.05) is 33.1 Å². The van der Waals surface area contributed by atoms with Crippen LogP contribution in [0.3, 0.4) is 0 Å². The van der Waals surface area contributed by atoms with E-state index in [1.165, 1.54) is 19.3 Å². The van der Waals surface area contributed by atoms with E-state index in [0.29, 0.717) is 5.92 Å². The predicted molar refractivity (Wildman–Crippen MR) is 59.4 cm³/mol. The van der Waals surface area contributed by atoms with E-state index in [9.17, 15) is 4.79 Å². The smallest absolute Gasteiger partial charge is 0.309 e. The van der Waals surface area contributed by atoms with Gasteiger partial charge in [0.1, 0.15) is 6.10 Å². The molecule has 4 unspecified atom stereocenters. The fourth-order valence-corrected chi connectivity index (χ4v) is 3.25. The molecule has 0 amide bonds. The van der Waals surface area contributed by atoms with E-state index in [2.05, 4.69) is 13.8 Å². The van der Waals surface area contributed by atoms with Gasteiger partial charge in [0, 0.05) is 5.92 Å². The maximum Gasteiger partial charge on any atom is 0.309 e. The molecule has 86 valence electrons. The molecule has 1 saturated carbocycles. The topological polar surface area (TPSA) is 26.3 Å². The van der Waals surface area contributed by atoms with E-state index in [-0.39, 0.29) is 18.0 Å². The lowest BCUT2D eigenvalue weighted by molar-refractivity contribution is -0.144. The lowest BCUT2D eigenvalue weighted by atomic mass is 9.72. The SMILES string of the molecule is CCCC1OC(=O)C2CC(CC)CCC12. The van der Waals surface area contributed by atoms with Crippen LogP contribution in [0.2, 0.25) is 0 Å². The van der Waals surface area contributed by atoms with Crippen LogP contribution in [0.1, 0.15) is 52.4 Å². The average molecular weight is 210 g/mol. The second-order valence-corrected chi connectivity index (χ2v) is 5.12. The fourth-order valence-electron chi connectivity index (χ4n) is 3.25. The zero-order valence-corrected chi connectivity index (χ0v) is 9.87. The summed E-state index contributed by atoms with van der Waals surface area (Å²) in [6.07, 6.45) is 7.23. The van der Waals surface area contributed by atoms with Crippen LogP contribution >= 0.6 is 0 Å². The molecule has 2 heteroatoms. The standard InChI is InChI=1S/C13H22O2/c1-3-5-12-10-7-6-9(4-2)8-11(10)13(14)15-12/h9-12H,3-8H2,1-2H3. The van der Waals surface area contributed by atoms with Crippen LogP contribution < -0.4 is 0 Å². The molecular weight excluding hydrogens is 188 g/mol. The van der Waals surface area contributed by atoms with Gasteiger partial charge in [0.25, 0.3) is 0 Å². The molecule has 2 rings (SSSR count). The molecule has 0 bridgehead atoms. The Kier molecular flexibility index (Phi) is 3.32. The summed E-state index contributed by atoms with van der Waals surface area (Å²) in [7, 11) is 0. The highest BCUT2D eigenvalue weighted by Gasteiger charge is 2.46. The number of fused-ring (bicyclic) bond motifs is 1. The lowest BCUT2D eigenvalue weighted by Gasteiger charge is -2.30. The number of cyclic esters (lactones) is 1. The molecule has 1 aliphatic carbocycles. The van der Waals surface area contributed by atoms with E-state index in [1.54, 1.807) is 0 Å². The Morgan fingerprint density at radius 1 is 1.33 bits per heavy atom. The van der Waals surface area contributed by atoms with Crippen molar-refractivity contribution >= 4 is 5.97 Å². The summed E-state index contributed by atoms with van der Waals surface area (Å²) in [5, 5.41) is 0. The Labute approximate surface area is 92.4 Å². The van der Waals surface area contributed by atoms with Crippen molar-refractivity contribution in [1.82, 2.24) is 0 Å². The fraction of sp³-hybridized carbons (Fsp3) is 0.923. The molecule has 0 spiro atoms. The van der Waals surface area contributed by atoms with Crippen molar-refractivity contribution in [1.29, 1.82) is 0 Å². The van der Waals surface area contributed by atoms with Crippen LogP contribution in [0.15, 0.2) is 0 Å². The zero-order valence-electron chi connectivity index (χ0n) is 9.87. The summed E-state index contributed by atoms with van der Waals surface area (Å²) in [4.78, 5) is 11.7. The van der Waals surface area contributed by atoms with Crippen LogP contribution in [0.25, 0.3) is 0 Å². The molecule has 2 fully saturated rings. The Hall–Kier alpha value is -0.530. The molecule has 1 heterocycles. The third kappa shape index (κ3) is 2.04.